The van der Waals surface area contributed by atoms with Gasteiger partial charge in [0.1, 0.15) is 0 Å². The molecule has 0 aliphatic heterocycles. The Labute approximate surface area is 108 Å². The van der Waals surface area contributed by atoms with Gasteiger partial charge in [0.2, 0.25) is 0 Å². The molecule has 3 heteroatoms. The Balaban J connectivity index is 1.84. The fraction of sp³-hybridized carbons (Fsp3) is 0.667. The minimum atomic E-state index is -0.802. The summed E-state index contributed by atoms with van der Waals surface area (Å²) < 4.78 is 2.23. The summed E-state index contributed by atoms with van der Waals surface area (Å²) in [5.74, 6) is 1.80. The van der Waals surface area contributed by atoms with Crippen molar-refractivity contribution in [2.24, 2.45) is 17.8 Å². The number of carboxylic acid groups (broad SMARTS) is 1. The van der Waals surface area contributed by atoms with Crippen LogP contribution in [-0.2, 0) is 6.54 Å². The molecular weight excluding hydrogens is 226 g/mol. The first-order chi connectivity index (χ1) is 8.58. The fourth-order valence-electron chi connectivity index (χ4n) is 3.24. The maximum atomic E-state index is 11.2. The largest absolute Gasteiger partial charge is 0.478 e. The molecule has 3 nitrogen and oxygen atoms in total. The molecule has 1 aromatic rings. The van der Waals surface area contributed by atoms with Gasteiger partial charge in [-0.05, 0) is 63.4 Å². The molecule has 1 heterocycles. The van der Waals surface area contributed by atoms with E-state index in [1.807, 2.05) is 19.9 Å². The number of carbonyl (C=O) groups is 1. The van der Waals surface area contributed by atoms with Crippen molar-refractivity contribution in [2.45, 2.75) is 46.1 Å². The van der Waals surface area contributed by atoms with E-state index in [1.54, 1.807) is 0 Å². The molecule has 2 fully saturated rings. The van der Waals surface area contributed by atoms with Crippen molar-refractivity contribution in [1.82, 2.24) is 4.57 Å². The molecule has 0 spiro atoms. The van der Waals surface area contributed by atoms with Crippen LogP contribution in [0.15, 0.2) is 6.07 Å². The van der Waals surface area contributed by atoms with E-state index in [1.165, 1.54) is 25.7 Å². The van der Waals surface area contributed by atoms with Crippen LogP contribution >= 0.6 is 0 Å². The van der Waals surface area contributed by atoms with Gasteiger partial charge in [-0.3, -0.25) is 0 Å². The molecule has 2 aliphatic rings. The average Bonchev–Trinajstić information content (AvgIpc) is 3.18. The number of carboxylic acids is 1. The van der Waals surface area contributed by atoms with Crippen LogP contribution in [0.25, 0.3) is 0 Å². The first-order valence-electron chi connectivity index (χ1n) is 6.98. The van der Waals surface area contributed by atoms with Crippen LogP contribution in [-0.4, -0.2) is 15.6 Å². The van der Waals surface area contributed by atoms with E-state index in [0.717, 1.165) is 35.7 Å². The first kappa shape index (κ1) is 11.8. The van der Waals surface area contributed by atoms with E-state index in [4.69, 9.17) is 5.11 Å². The average molecular weight is 247 g/mol. The Morgan fingerprint density at radius 1 is 1.33 bits per heavy atom. The summed E-state index contributed by atoms with van der Waals surface area (Å²) in [6.45, 7) is 4.99. The molecule has 0 radical (unpaired) electrons. The van der Waals surface area contributed by atoms with Crippen molar-refractivity contribution in [3.05, 3.63) is 23.0 Å². The zero-order valence-corrected chi connectivity index (χ0v) is 11.1. The predicted octanol–water partition coefficient (Wildman–Crippen LogP) is 3.24. The molecule has 1 N–H and O–H groups in total. The van der Waals surface area contributed by atoms with Gasteiger partial charge in [-0.25, -0.2) is 4.79 Å². The molecular formula is C15H21NO2. The van der Waals surface area contributed by atoms with Gasteiger partial charge in [0.25, 0.3) is 0 Å². The van der Waals surface area contributed by atoms with Crippen LogP contribution in [0.5, 0.6) is 0 Å². The van der Waals surface area contributed by atoms with Gasteiger partial charge in [-0.1, -0.05) is 0 Å². The highest BCUT2D eigenvalue weighted by molar-refractivity contribution is 5.89. The molecule has 0 atom stereocenters. The Hall–Kier alpha value is -1.25. The Morgan fingerprint density at radius 3 is 2.28 bits per heavy atom. The molecule has 0 amide bonds. The summed E-state index contributed by atoms with van der Waals surface area (Å²) in [6.07, 6.45) is 5.53. The molecule has 2 aliphatic carbocycles. The summed E-state index contributed by atoms with van der Waals surface area (Å²) >= 11 is 0. The third kappa shape index (κ3) is 2.06. The number of aromatic nitrogens is 1. The lowest BCUT2D eigenvalue weighted by molar-refractivity contribution is 0.0696. The van der Waals surface area contributed by atoms with Gasteiger partial charge in [0.05, 0.1) is 5.56 Å². The second kappa shape index (κ2) is 4.15. The summed E-state index contributed by atoms with van der Waals surface area (Å²) in [5.41, 5.74) is 2.49. The maximum Gasteiger partial charge on any atom is 0.337 e. The zero-order chi connectivity index (χ0) is 12.9. The minimum absolute atomic E-state index is 0.470. The number of nitrogens with zero attached hydrogens (tertiary/aromatic N) is 1. The lowest BCUT2D eigenvalue weighted by Gasteiger charge is -2.19. The summed E-state index contributed by atoms with van der Waals surface area (Å²) in [4.78, 5) is 11.2. The highest BCUT2D eigenvalue weighted by Gasteiger charge is 2.41. The Kier molecular flexibility index (Phi) is 2.72. The molecule has 0 aromatic carbocycles. The SMILES string of the molecule is Cc1cc(C(=O)O)c(C)n1CC(C1CC1)C1CC1. The highest BCUT2D eigenvalue weighted by Crippen LogP contribution is 2.50. The van der Waals surface area contributed by atoms with Crippen LogP contribution in [0.2, 0.25) is 0 Å². The number of hydrogen-bond donors (Lipinski definition) is 1. The van der Waals surface area contributed by atoms with E-state index >= 15 is 0 Å². The second-order valence-corrected chi connectivity index (χ2v) is 6.04. The van der Waals surface area contributed by atoms with Gasteiger partial charge >= 0.3 is 5.97 Å². The normalized spacial score (nSPS) is 19.5. The highest BCUT2D eigenvalue weighted by atomic mass is 16.4. The molecule has 1 aromatic heterocycles. The summed E-state index contributed by atoms with van der Waals surface area (Å²) in [7, 11) is 0. The molecule has 2 saturated carbocycles. The van der Waals surface area contributed by atoms with Crippen molar-refractivity contribution in [3.8, 4) is 0 Å². The van der Waals surface area contributed by atoms with Gasteiger partial charge in [-0.15, -0.1) is 0 Å². The minimum Gasteiger partial charge on any atom is -0.478 e. The first-order valence-corrected chi connectivity index (χ1v) is 6.98. The quantitative estimate of drug-likeness (QED) is 0.868. The van der Waals surface area contributed by atoms with E-state index in [2.05, 4.69) is 4.57 Å². The van der Waals surface area contributed by atoms with Crippen LogP contribution in [0.1, 0.15) is 47.4 Å². The summed E-state index contributed by atoms with van der Waals surface area (Å²) in [6, 6.07) is 1.81. The third-order valence-electron chi connectivity index (χ3n) is 4.65. The van der Waals surface area contributed by atoms with Gasteiger partial charge in [0, 0.05) is 17.9 Å². The third-order valence-corrected chi connectivity index (χ3v) is 4.65. The van der Waals surface area contributed by atoms with E-state index in [-0.39, 0.29) is 0 Å². The standard InChI is InChI=1S/C15H21NO2/c1-9-7-13(15(17)18)10(2)16(9)8-14(11-3-4-11)12-5-6-12/h7,11-12,14H,3-6,8H2,1-2H3,(H,17,18). The Bertz CT molecular complexity index is 469. The molecule has 3 rings (SSSR count). The van der Waals surface area contributed by atoms with E-state index < -0.39 is 5.97 Å². The zero-order valence-electron chi connectivity index (χ0n) is 11.1. The van der Waals surface area contributed by atoms with E-state index in [9.17, 15) is 4.79 Å². The monoisotopic (exact) mass is 247 g/mol. The number of aromatic carboxylic acids is 1. The predicted molar refractivity (Wildman–Crippen MR) is 69.8 cm³/mol. The second-order valence-electron chi connectivity index (χ2n) is 6.04. The lowest BCUT2D eigenvalue weighted by atomic mass is 9.97. The molecule has 18 heavy (non-hydrogen) atoms. The molecule has 98 valence electrons. The number of rotatable bonds is 5. The lowest BCUT2D eigenvalue weighted by Crippen LogP contribution is -2.17. The van der Waals surface area contributed by atoms with Gasteiger partial charge in [-0.2, -0.15) is 0 Å². The van der Waals surface area contributed by atoms with Gasteiger partial charge < -0.3 is 9.67 Å². The van der Waals surface area contributed by atoms with Crippen molar-refractivity contribution in [3.63, 3.8) is 0 Å². The van der Waals surface area contributed by atoms with Crippen molar-refractivity contribution >= 4 is 5.97 Å². The molecule has 0 saturated heterocycles. The van der Waals surface area contributed by atoms with Crippen LogP contribution < -0.4 is 0 Å². The smallest absolute Gasteiger partial charge is 0.337 e. The number of hydrogen-bond acceptors (Lipinski definition) is 1. The van der Waals surface area contributed by atoms with Crippen LogP contribution in [0.3, 0.4) is 0 Å². The Morgan fingerprint density at radius 2 is 1.89 bits per heavy atom. The maximum absolute atomic E-state index is 11.2. The topological polar surface area (TPSA) is 42.2 Å². The van der Waals surface area contributed by atoms with Crippen LogP contribution in [0.4, 0.5) is 0 Å². The van der Waals surface area contributed by atoms with Gasteiger partial charge in [0.15, 0.2) is 0 Å². The summed E-state index contributed by atoms with van der Waals surface area (Å²) in [5, 5.41) is 9.17. The number of aryl methyl sites for hydroxylation is 1. The van der Waals surface area contributed by atoms with E-state index in [0.29, 0.717) is 5.56 Å². The molecule has 0 unspecified atom stereocenters. The van der Waals surface area contributed by atoms with Crippen molar-refractivity contribution in [1.29, 1.82) is 0 Å². The van der Waals surface area contributed by atoms with Crippen molar-refractivity contribution in [2.75, 3.05) is 0 Å². The molecule has 0 bridgehead atoms. The fourth-order valence-corrected chi connectivity index (χ4v) is 3.24. The van der Waals surface area contributed by atoms with Crippen molar-refractivity contribution < 1.29 is 9.90 Å². The van der Waals surface area contributed by atoms with Crippen LogP contribution in [0, 0.1) is 31.6 Å².